The van der Waals surface area contributed by atoms with Crippen molar-refractivity contribution in [2.75, 3.05) is 16.9 Å². The third-order valence-corrected chi connectivity index (χ3v) is 19.4. The van der Waals surface area contributed by atoms with Crippen molar-refractivity contribution in [1.29, 1.82) is 0 Å². The standard InChI is InChI=1S/C77H77N3O2/c1-78-76(77(81)82-2)75-73-51-63(61-31-45-69(46-32-61)79(65-37-23-57(24-38-65)53-15-7-3-8-16-53)66-39-25-58(26-40-66)54-17-9-4-10-18-54)35-49-71(73)72-50-36-64(52-74(72)75)62-33-47-70(48-34-62)80(67-41-27-59(28-42-67)55-19-11-5-12-20-55)68-43-29-60(30-44-68)56-21-13-6-14-22-56/h23-56H,3-22H2,2H3. The Hall–Kier alpha value is -7.94. The molecule has 5 aliphatic rings. The molecule has 0 N–H and O–H groups in total. The quantitative estimate of drug-likeness (QED) is 0.0655. The van der Waals surface area contributed by atoms with Gasteiger partial charge >= 0.3 is 5.97 Å². The van der Waals surface area contributed by atoms with Gasteiger partial charge in [-0.15, -0.1) is 0 Å². The zero-order valence-corrected chi connectivity index (χ0v) is 47.9. The number of nitrogens with zero attached hydrogens (tertiary/aromatic N) is 3. The van der Waals surface area contributed by atoms with Crippen LogP contribution < -0.4 is 9.80 Å². The molecule has 5 aliphatic carbocycles. The molecule has 0 aliphatic heterocycles. The van der Waals surface area contributed by atoms with Gasteiger partial charge in [-0.3, -0.25) is 4.79 Å². The van der Waals surface area contributed by atoms with Crippen molar-refractivity contribution in [3.8, 4) is 33.4 Å². The molecule has 0 bridgehead atoms. The summed E-state index contributed by atoms with van der Waals surface area (Å²) in [6, 6.07) is 68.2. The minimum Gasteiger partial charge on any atom is -0.474 e. The maximum absolute atomic E-state index is 13.6. The predicted molar refractivity (Wildman–Crippen MR) is 340 cm³/mol. The second kappa shape index (κ2) is 24.3. The second-order valence-electron chi connectivity index (χ2n) is 24.3. The first-order valence-corrected chi connectivity index (χ1v) is 31.2. The molecule has 0 radical (unpaired) electrons. The van der Waals surface area contributed by atoms with E-state index in [1.807, 2.05) is 0 Å². The van der Waals surface area contributed by atoms with Gasteiger partial charge in [0.1, 0.15) is 0 Å². The maximum Gasteiger partial charge on any atom is 0.336 e. The van der Waals surface area contributed by atoms with Gasteiger partial charge in [0.15, 0.2) is 0 Å². The van der Waals surface area contributed by atoms with Gasteiger partial charge in [-0.25, -0.2) is 4.85 Å². The highest BCUT2D eigenvalue weighted by Crippen LogP contribution is 2.50. The number of fused-ring (bicyclic) bond motifs is 3. The SMILES string of the molecule is [C-]#[N+]C(C(=O)OC)=C1c2cc(-c3ccc(N(c4ccc(C5CCCCC5)cc4)c4ccc(C5CCCCC5)cc4)cc3)ccc2-c2ccc(-c3ccc(N(c4ccc(C5CCCCC5)cc4)c4ccc(C5CCCCC5)cc4)cc3)cc21. The summed E-state index contributed by atoms with van der Waals surface area (Å²) in [5.41, 5.74) is 21.1. The van der Waals surface area contributed by atoms with E-state index >= 15 is 0 Å². The van der Waals surface area contributed by atoms with Crippen LogP contribution in [0.25, 0.3) is 43.8 Å². The topological polar surface area (TPSA) is 37.1 Å². The second-order valence-corrected chi connectivity index (χ2v) is 24.3. The molecule has 8 aromatic rings. The van der Waals surface area contributed by atoms with E-state index in [9.17, 15) is 4.79 Å². The first-order chi connectivity index (χ1) is 40.5. The number of hydrogen-bond donors (Lipinski definition) is 0. The van der Waals surface area contributed by atoms with E-state index in [0.717, 1.165) is 78.6 Å². The third-order valence-electron chi connectivity index (χ3n) is 19.4. The summed E-state index contributed by atoms with van der Waals surface area (Å²) >= 11 is 0. The Morgan fingerprint density at radius 3 is 0.866 bits per heavy atom. The number of esters is 1. The molecule has 0 atom stereocenters. The van der Waals surface area contributed by atoms with Gasteiger partial charge in [0.05, 0.1) is 13.7 Å². The summed E-state index contributed by atoms with van der Waals surface area (Å²) < 4.78 is 5.32. The van der Waals surface area contributed by atoms with Crippen molar-refractivity contribution in [2.45, 2.75) is 152 Å². The molecule has 0 unspecified atom stereocenters. The number of benzene rings is 8. The van der Waals surface area contributed by atoms with Crippen LogP contribution in [0, 0.1) is 6.57 Å². The first kappa shape index (κ1) is 53.4. The molecule has 0 amide bonds. The van der Waals surface area contributed by atoms with Crippen LogP contribution in [-0.2, 0) is 9.53 Å². The van der Waals surface area contributed by atoms with Crippen molar-refractivity contribution in [3.63, 3.8) is 0 Å². The van der Waals surface area contributed by atoms with Crippen LogP contribution in [-0.4, -0.2) is 13.1 Å². The van der Waals surface area contributed by atoms with E-state index in [1.165, 1.54) is 158 Å². The van der Waals surface area contributed by atoms with Crippen molar-refractivity contribution in [2.24, 2.45) is 0 Å². The zero-order valence-electron chi connectivity index (χ0n) is 47.9. The molecule has 5 heteroatoms. The molecule has 412 valence electrons. The molecule has 5 nitrogen and oxygen atoms in total. The van der Waals surface area contributed by atoms with Crippen LogP contribution in [0.15, 0.2) is 188 Å². The van der Waals surface area contributed by atoms with E-state index < -0.39 is 5.97 Å². The predicted octanol–water partition coefficient (Wildman–Crippen LogP) is 22.0. The molecule has 0 aromatic heterocycles. The van der Waals surface area contributed by atoms with Crippen molar-refractivity contribution in [3.05, 3.63) is 232 Å². The molecule has 0 saturated heterocycles. The largest absolute Gasteiger partial charge is 0.474 e. The van der Waals surface area contributed by atoms with Gasteiger partial charge in [-0.05, 0) is 227 Å². The Labute approximate surface area is 487 Å². The first-order valence-electron chi connectivity index (χ1n) is 31.2. The minimum atomic E-state index is -0.634. The maximum atomic E-state index is 13.6. The van der Waals surface area contributed by atoms with Gasteiger partial charge in [0.25, 0.3) is 5.70 Å². The van der Waals surface area contributed by atoms with E-state index in [-0.39, 0.29) is 5.70 Å². The van der Waals surface area contributed by atoms with Crippen molar-refractivity contribution < 1.29 is 9.53 Å². The summed E-state index contributed by atoms with van der Waals surface area (Å²) in [6.45, 7) is 8.40. The van der Waals surface area contributed by atoms with Gasteiger partial charge in [-0.2, -0.15) is 0 Å². The number of carbonyl (C=O) groups excluding carboxylic acids is 1. The van der Waals surface area contributed by atoms with E-state index in [4.69, 9.17) is 11.3 Å². The highest BCUT2D eigenvalue weighted by atomic mass is 16.5. The van der Waals surface area contributed by atoms with Crippen LogP contribution in [0.4, 0.5) is 34.1 Å². The number of anilines is 6. The highest BCUT2D eigenvalue weighted by molar-refractivity contribution is 6.12. The van der Waals surface area contributed by atoms with Gasteiger partial charge in [-0.1, -0.05) is 174 Å². The normalized spacial score (nSPS) is 16.9. The van der Waals surface area contributed by atoms with Crippen LogP contribution in [0.2, 0.25) is 0 Å². The minimum absolute atomic E-state index is 0.0122. The van der Waals surface area contributed by atoms with E-state index in [1.54, 1.807) is 0 Å². The third kappa shape index (κ3) is 11.0. The van der Waals surface area contributed by atoms with Crippen molar-refractivity contribution >= 4 is 45.7 Å². The molecular weight excluding hydrogens is 999 g/mol. The van der Waals surface area contributed by atoms with Crippen LogP contribution in [0.5, 0.6) is 0 Å². The number of hydrogen-bond acceptors (Lipinski definition) is 4. The Balaban J connectivity index is 0.806. The molecule has 0 heterocycles. The Morgan fingerprint density at radius 1 is 0.354 bits per heavy atom. The van der Waals surface area contributed by atoms with E-state index in [0.29, 0.717) is 29.2 Å². The summed E-state index contributed by atoms with van der Waals surface area (Å²) in [6.07, 6.45) is 26.2. The number of rotatable bonds is 13. The monoisotopic (exact) mass is 1080 g/mol. The smallest absolute Gasteiger partial charge is 0.336 e. The fourth-order valence-corrected chi connectivity index (χ4v) is 14.9. The lowest BCUT2D eigenvalue weighted by molar-refractivity contribution is -0.135. The molecular formula is C77H77N3O2. The van der Waals surface area contributed by atoms with Crippen LogP contribution >= 0.6 is 0 Å². The van der Waals surface area contributed by atoms with Crippen molar-refractivity contribution in [1.82, 2.24) is 0 Å². The average Bonchev–Trinajstić information content (AvgIpc) is 3.93. The molecule has 4 saturated carbocycles. The molecule has 4 fully saturated rings. The summed E-state index contributed by atoms with van der Waals surface area (Å²) in [7, 11) is 1.36. The zero-order chi connectivity index (χ0) is 55.4. The lowest BCUT2D eigenvalue weighted by atomic mass is 9.84. The summed E-state index contributed by atoms with van der Waals surface area (Å²) in [5.74, 6) is 1.96. The number of methoxy groups -OCH3 is 1. The highest BCUT2D eigenvalue weighted by Gasteiger charge is 2.31. The average molecular weight is 1080 g/mol. The van der Waals surface area contributed by atoms with Crippen LogP contribution in [0.3, 0.4) is 0 Å². The fraction of sp³-hybridized carbons (Fsp3) is 0.325. The number of carbonyl (C=O) groups is 1. The lowest BCUT2D eigenvalue weighted by Crippen LogP contribution is -2.11. The molecule has 13 rings (SSSR count). The molecule has 8 aromatic carbocycles. The van der Waals surface area contributed by atoms with Gasteiger partial charge < -0.3 is 14.5 Å². The van der Waals surface area contributed by atoms with Gasteiger partial charge in [0, 0.05) is 39.7 Å². The molecule has 0 spiro atoms. The van der Waals surface area contributed by atoms with Crippen LogP contribution in [0.1, 0.15) is 185 Å². The summed E-state index contributed by atoms with van der Waals surface area (Å²) in [5, 5.41) is 0. The molecule has 82 heavy (non-hydrogen) atoms. The Kier molecular flexibility index (Phi) is 15.8. The Morgan fingerprint density at radius 2 is 0.610 bits per heavy atom. The Bertz CT molecular complexity index is 3240. The lowest BCUT2D eigenvalue weighted by Gasteiger charge is -2.28. The van der Waals surface area contributed by atoms with Gasteiger partial charge in [0.2, 0.25) is 0 Å². The summed E-state index contributed by atoms with van der Waals surface area (Å²) in [4.78, 5) is 22.3. The van der Waals surface area contributed by atoms with E-state index in [2.05, 4.69) is 197 Å². The number of ether oxygens (including phenoxy) is 1. The fourth-order valence-electron chi connectivity index (χ4n) is 14.9.